The third-order valence-electron chi connectivity index (χ3n) is 1.12. The van der Waals surface area contributed by atoms with Gasteiger partial charge >= 0.3 is 0 Å². The summed E-state index contributed by atoms with van der Waals surface area (Å²) in [5.41, 5.74) is -0.0928. The smallest absolute Gasteiger partial charge is 0.282 e. The molecule has 68 valence electrons. The van der Waals surface area contributed by atoms with E-state index in [1.54, 1.807) is 0 Å². The van der Waals surface area contributed by atoms with Crippen molar-refractivity contribution in [3.63, 3.8) is 0 Å². The number of hydrogen-bond acceptors (Lipinski definition) is 4. The highest BCUT2D eigenvalue weighted by Crippen LogP contribution is 2.03. The Morgan fingerprint density at radius 3 is 2.08 bits per heavy atom. The lowest BCUT2D eigenvalue weighted by Gasteiger charge is -2.03. The lowest BCUT2D eigenvalue weighted by atomic mass is 10.2. The van der Waals surface area contributed by atoms with E-state index in [1.807, 2.05) is 0 Å². The highest BCUT2D eigenvalue weighted by atomic mass is 32.2. The summed E-state index contributed by atoms with van der Waals surface area (Å²) in [7, 11) is -4.64. The third kappa shape index (κ3) is 2.55. The molecule has 0 heterocycles. The van der Waals surface area contributed by atoms with Gasteiger partial charge in [-0.25, -0.2) is 0 Å². The van der Waals surface area contributed by atoms with Crippen LogP contribution in [0.4, 0.5) is 0 Å². The maximum atomic E-state index is 10.9. The molecule has 1 unspecified atom stereocenters. The summed E-state index contributed by atoms with van der Waals surface area (Å²) in [5, 5.41) is -2.03. The van der Waals surface area contributed by atoms with E-state index in [-0.39, 0.29) is 11.9 Å². The van der Waals surface area contributed by atoms with Crippen molar-refractivity contribution < 1.29 is 22.6 Å². The number of allylic oxidation sites excluding steroid dienone is 1. The lowest BCUT2D eigenvalue weighted by Crippen LogP contribution is -2.31. The van der Waals surface area contributed by atoms with Gasteiger partial charge in [-0.15, -0.1) is 0 Å². The topological polar surface area (TPSA) is 88.5 Å². The molecule has 1 N–H and O–H groups in total. The molecule has 0 aromatic rings. The minimum Gasteiger partial charge on any atom is -0.301 e. The Hall–Kier alpha value is -1.01. The molecule has 6 heteroatoms. The molecule has 0 aliphatic rings. The Kier molecular flexibility index (Phi) is 3.29. The maximum absolute atomic E-state index is 10.9. The molecular weight excluding hydrogens is 184 g/mol. The SMILES string of the molecule is C=C(C)C(=O)C(C=O)S(=O)(=O)O. The first-order chi connectivity index (χ1) is 5.30. The summed E-state index contributed by atoms with van der Waals surface area (Å²) < 4.78 is 29.1. The van der Waals surface area contributed by atoms with Crippen molar-refractivity contribution in [1.29, 1.82) is 0 Å². The molecule has 0 bridgehead atoms. The zero-order valence-electron chi connectivity index (χ0n) is 6.35. The predicted molar refractivity (Wildman–Crippen MR) is 41.2 cm³/mol. The van der Waals surface area contributed by atoms with Gasteiger partial charge in [-0.1, -0.05) is 6.58 Å². The van der Waals surface area contributed by atoms with Crippen LogP contribution in [0, 0.1) is 0 Å². The van der Waals surface area contributed by atoms with Gasteiger partial charge in [0.2, 0.25) is 5.25 Å². The number of rotatable bonds is 4. The number of Topliss-reactive ketones (excluding diaryl/α,β-unsaturated/α-hetero) is 1. The van der Waals surface area contributed by atoms with E-state index in [9.17, 15) is 18.0 Å². The molecular formula is C6H8O5S. The molecule has 0 fully saturated rings. The van der Waals surface area contributed by atoms with Crippen LogP contribution >= 0.6 is 0 Å². The molecule has 12 heavy (non-hydrogen) atoms. The second-order valence-corrected chi connectivity index (χ2v) is 3.75. The predicted octanol–water partition coefficient (Wildman–Crippen LogP) is -0.413. The summed E-state index contributed by atoms with van der Waals surface area (Å²) in [6.45, 7) is 4.41. The number of ketones is 1. The van der Waals surface area contributed by atoms with Gasteiger partial charge < -0.3 is 4.79 Å². The van der Waals surface area contributed by atoms with Gasteiger partial charge in [0.15, 0.2) is 5.78 Å². The lowest BCUT2D eigenvalue weighted by molar-refractivity contribution is -0.119. The zero-order valence-corrected chi connectivity index (χ0v) is 7.17. The Morgan fingerprint density at radius 2 is 2.00 bits per heavy atom. The van der Waals surface area contributed by atoms with Gasteiger partial charge in [0, 0.05) is 0 Å². The maximum Gasteiger partial charge on any atom is 0.282 e. The monoisotopic (exact) mass is 192 g/mol. The van der Waals surface area contributed by atoms with E-state index in [4.69, 9.17) is 4.55 Å². The molecule has 0 spiro atoms. The third-order valence-corrected chi connectivity index (χ3v) is 2.09. The summed E-state index contributed by atoms with van der Waals surface area (Å²) in [6, 6.07) is 0. The van der Waals surface area contributed by atoms with Gasteiger partial charge in [0.25, 0.3) is 10.1 Å². The van der Waals surface area contributed by atoms with Crippen LogP contribution in [0.2, 0.25) is 0 Å². The molecule has 1 atom stereocenters. The van der Waals surface area contributed by atoms with E-state index in [2.05, 4.69) is 6.58 Å². The van der Waals surface area contributed by atoms with Crippen LogP contribution in [0.3, 0.4) is 0 Å². The molecule has 5 nitrogen and oxygen atoms in total. The first-order valence-electron chi connectivity index (χ1n) is 2.92. The Labute approximate surface area is 69.8 Å². The standard InChI is InChI=1S/C6H8O5S/c1-4(2)6(8)5(3-7)12(9,10)11/h3,5H,1H2,2H3,(H,9,10,11). The fourth-order valence-corrected chi connectivity index (χ4v) is 1.12. The summed E-state index contributed by atoms with van der Waals surface area (Å²) in [6.07, 6.45) is -0.133. The molecule has 0 aliphatic carbocycles. The molecule has 0 aliphatic heterocycles. The van der Waals surface area contributed by atoms with Crippen molar-refractivity contribution in [3.05, 3.63) is 12.2 Å². The highest BCUT2D eigenvalue weighted by Gasteiger charge is 2.30. The van der Waals surface area contributed by atoms with Crippen molar-refractivity contribution in [1.82, 2.24) is 0 Å². The molecule has 0 aromatic carbocycles. The fraction of sp³-hybridized carbons (Fsp3) is 0.333. The van der Waals surface area contributed by atoms with E-state index < -0.39 is 21.2 Å². The van der Waals surface area contributed by atoms with Gasteiger partial charge in [0.05, 0.1) is 0 Å². The Bertz CT molecular complexity index is 313. The van der Waals surface area contributed by atoms with Crippen molar-refractivity contribution in [2.24, 2.45) is 0 Å². The Morgan fingerprint density at radius 1 is 1.58 bits per heavy atom. The fourth-order valence-electron chi connectivity index (χ4n) is 0.510. The normalized spacial score (nSPS) is 13.5. The average Bonchev–Trinajstić information content (AvgIpc) is 1.85. The molecule has 0 aromatic heterocycles. The van der Waals surface area contributed by atoms with Crippen LogP contribution in [-0.4, -0.2) is 30.3 Å². The minimum absolute atomic E-state index is 0.0928. The molecule has 0 radical (unpaired) electrons. The van der Waals surface area contributed by atoms with Gasteiger partial charge in [0.1, 0.15) is 6.29 Å². The van der Waals surface area contributed by atoms with Gasteiger partial charge in [-0.2, -0.15) is 8.42 Å². The van der Waals surface area contributed by atoms with Crippen LogP contribution in [0.1, 0.15) is 6.92 Å². The average molecular weight is 192 g/mol. The van der Waals surface area contributed by atoms with Crippen LogP contribution < -0.4 is 0 Å². The summed E-state index contributed by atoms with van der Waals surface area (Å²) >= 11 is 0. The molecule has 0 amide bonds. The number of aldehydes is 1. The Balaban J connectivity index is 4.96. The molecule has 0 saturated carbocycles. The van der Waals surface area contributed by atoms with Gasteiger partial charge in [-0.05, 0) is 12.5 Å². The highest BCUT2D eigenvalue weighted by molar-refractivity contribution is 7.88. The van der Waals surface area contributed by atoms with Gasteiger partial charge in [-0.3, -0.25) is 9.35 Å². The number of carbonyl (C=O) groups is 2. The largest absolute Gasteiger partial charge is 0.301 e. The van der Waals surface area contributed by atoms with E-state index in [0.29, 0.717) is 0 Å². The second-order valence-electron chi connectivity index (χ2n) is 2.22. The van der Waals surface area contributed by atoms with Crippen molar-refractivity contribution in [2.75, 3.05) is 0 Å². The zero-order chi connectivity index (χ0) is 9.94. The minimum atomic E-state index is -4.64. The first-order valence-corrected chi connectivity index (χ1v) is 4.42. The second kappa shape index (κ2) is 3.59. The first kappa shape index (κ1) is 11.0. The van der Waals surface area contributed by atoms with Crippen molar-refractivity contribution in [2.45, 2.75) is 12.2 Å². The quantitative estimate of drug-likeness (QED) is 0.283. The number of carbonyl (C=O) groups excluding carboxylic acids is 2. The van der Waals surface area contributed by atoms with Crippen LogP contribution in [0.25, 0.3) is 0 Å². The molecule has 0 rings (SSSR count). The van der Waals surface area contributed by atoms with Crippen molar-refractivity contribution in [3.8, 4) is 0 Å². The van der Waals surface area contributed by atoms with E-state index in [1.165, 1.54) is 6.92 Å². The summed E-state index contributed by atoms with van der Waals surface area (Å²) in [4.78, 5) is 20.9. The number of hydrogen-bond donors (Lipinski definition) is 1. The van der Waals surface area contributed by atoms with Crippen LogP contribution in [-0.2, 0) is 19.7 Å². The summed E-state index contributed by atoms with van der Waals surface area (Å²) in [5.74, 6) is -0.993. The van der Waals surface area contributed by atoms with Crippen LogP contribution in [0.5, 0.6) is 0 Å². The van der Waals surface area contributed by atoms with Crippen molar-refractivity contribution >= 4 is 22.2 Å². The van der Waals surface area contributed by atoms with E-state index in [0.717, 1.165) is 0 Å². The van der Waals surface area contributed by atoms with E-state index >= 15 is 0 Å². The molecule has 0 saturated heterocycles. The van der Waals surface area contributed by atoms with Crippen LogP contribution in [0.15, 0.2) is 12.2 Å².